The van der Waals surface area contributed by atoms with Crippen LogP contribution in [0.25, 0.3) is 0 Å². The van der Waals surface area contributed by atoms with Gasteiger partial charge in [0.1, 0.15) is 35.5 Å². The normalized spacial score (nSPS) is 12.0. The second kappa shape index (κ2) is 22.3. The van der Waals surface area contributed by atoms with Crippen LogP contribution in [0, 0.1) is 0 Å². The molecule has 292 valence electrons. The lowest BCUT2D eigenvalue weighted by molar-refractivity contribution is -0.0916. The molecule has 0 aliphatic rings. The van der Waals surface area contributed by atoms with Gasteiger partial charge < -0.3 is 43.0 Å². The summed E-state index contributed by atoms with van der Waals surface area (Å²) in [6, 6.07) is 34.3. The smallest absolute Gasteiger partial charge is 0.338 e. The van der Waals surface area contributed by atoms with Gasteiger partial charge in [-0.2, -0.15) is 0 Å². The van der Waals surface area contributed by atoms with Gasteiger partial charge in [-0.25, -0.2) is 9.48 Å². The van der Waals surface area contributed by atoms with Crippen LogP contribution in [0.4, 0.5) is 0 Å². The summed E-state index contributed by atoms with van der Waals surface area (Å²) in [4.78, 5) is 12.1. The number of carbonyl (C=O) groups is 1. The van der Waals surface area contributed by atoms with Gasteiger partial charge in [0.05, 0.1) is 92.0 Å². The number of hydrogen-bond acceptors (Lipinski definition) is 12. The third kappa shape index (κ3) is 12.2. The van der Waals surface area contributed by atoms with Crippen molar-refractivity contribution >= 4 is 5.97 Å². The van der Waals surface area contributed by atoms with Crippen molar-refractivity contribution in [2.45, 2.75) is 24.9 Å². The van der Waals surface area contributed by atoms with Crippen molar-refractivity contribution in [1.29, 1.82) is 0 Å². The molecule has 1 atom stereocenters. The molecule has 0 saturated carbocycles. The van der Waals surface area contributed by atoms with Crippen molar-refractivity contribution in [3.05, 3.63) is 143 Å². The zero-order valence-electron chi connectivity index (χ0n) is 31.3. The van der Waals surface area contributed by atoms with E-state index in [2.05, 4.69) is 10.3 Å². The highest BCUT2D eigenvalue weighted by atomic mass is 16.6. The van der Waals surface area contributed by atoms with Crippen LogP contribution in [-0.2, 0) is 47.2 Å². The number of aliphatic hydroxyl groups excluding tert-OH is 1. The van der Waals surface area contributed by atoms with E-state index in [1.807, 2.05) is 84.9 Å². The van der Waals surface area contributed by atoms with Crippen LogP contribution in [0.3, 0.4) is 0 Å². The van der Waals surface area contributed by atoms with E-state index in [0.717, 1.165) is 28.2 Å². The standard InChI is InChI=1S/C42H49N3O10/c1-48-38-17-13-35(14-18-38)42(34-11-7-4-8-12-34,36-15-19-39(49-2)20-16-36)55-32-40(30-46)53-28-27-51-24-23-50-25-26-52-31-37-29-45(44-43-37)21-22-54-41(47)33-9-5-3-6-10-33/h3-20,29,40,46H,21-28,30-32H2,1-2H3/t40-/m0/s1. The number of hydrogen-bond donors (Lipinski definition) is 1. The monoisotopic (exact) mass is 755 g/mol. The maximum atomic E-state index is 12.1. The van der Waals surface area contributed by atoms with E-state index in [-0.39, 0.29) is 39.0 Å². The molecule has 0 radical (unpaired) electrons. The molecule has 0 unspecified atom stereocenters. The van der Waals surface area contributed by atoms with Crippen LogP contribution in [0.15, 0.2) is 115 Å². The lowest BCUT2D eigenvalue weighted by atomic mass is 9.80. The number of rotatable bonds is 25. The van der Waals surface area contributed by atoms with Gasteiger partial charge in [-0.05, 0) is 53.1 Å². The lowest BCUT2D eigenvalue weighted by Crippen LogP contribution is -2.37. The van der Waals surface area contributed by atoms with Crippen LogP contribution >= 0.6 is 0 Å². The maximum Gasteiger partial charge on any atom is 0.338 e. The minimum Gasteiger partial charge on any atom is -0.497 e. The Labute approximate surface area is 321 Å². The largest absolute Gasteiger partial charge is 0.497 e. The molecule has 0 aliphatic carbocycles. The van der Waals surface area contributed by atoms with Crippen molar-refractivity contribution in [3.8, 4) is 11.5 Å². The van der Waals surface area contributed by atoms with Crippen LogP contribution in [0.2, 0.25) is 0 Å². The fourth-order valence-corrected chi connectivity index (χ4v) is 5.74. The molecule has 1 aromatic heterocycles. The topological polar surface area (TPSA) is 142 Å². The van der Waals surface area contributed by atoms with Crippen LogP contribution < -0.4 is 9.47 Å². The number of benzene rings is 4. The predicted octanol–water partition coefficient (Wildman–Crippen LogP) is 5.09. The zero-order chi connectivity index (χ0) is 38.6. The van der Waals surface area contributed by atoms with Crippen LogP contribution in [-0.4, -0.2) is 106 Å². The summed E-state index contributed by atoms with van der Waals surface area (Å²) in [5, 5.41) is 18.4. The van der Waals surface area contributed by atoms with Gasteiger partial charge in [0, 0.05) is 0 Å². The third-order valence-corrected chi connectivity index (χ3v) is 8.59. The zero-order valence-corrected chi connectivity index (χ0v) is 31.3. The molecule has 13 heteroatoms. The Morgan fingerprint density at radius 2 is 1.24 bits per heavy atom. The molecule has 1 heterocycles. The van der Waals surface area contributed by atoms with E-state index >= 15 is 0 Å². The lowest BCUT2D eigenvalue weighted by Gasteiger charge is -2.37. The van der Waals surface area contributed by atoms with Gasteiger partial charge in [0.2, 0.25) is 0 Å². The van der Waals surface area contributed by atoms with E-state index in [0.29, 0.717) is 50.8 Å². The van der Waals surface area contributed by atoms with Gasteiger partial charge >= 0.3 is 5.97 Å². The molecule has 0 fully saturated rings. The molecule has 0 saturated heterocycles. The van der Waals surface area contributed by atoms with Gasteiger partial charge in [0.25, 0.3) is 0 Å². The van der Waals surface area contributed by atoms with Crippen LogP contribution in [0.5, 0.6) is 11.5 Å². The Hall–Kier alpha value is -5.15. The fraction of sp³-hybridized carbons (Fsp3) is 0.357. The average Bonchev–Trinajstić information content (AvgIpc) is 3.70. The molecular formula is C42H49N3O10. The highest BCUT2D eigenvalue weighted by Crippen LogP contribution is 2.41. The highest BCUT2D eigenvalue weighted by molar-refractivity contribution is 5.89. The van der Waals surface area contributed by atoms with Crippen LogP contribution in [0.1, 0.15) is 32.7 Å². The molecule has 0 bridgehead atoms. The minimum absolute atomic E-state index is 0.104. The third-order valence-electron chi connectivity index (χ3n) is 8.59. The molecule has 13 nitrogen and oxygen atoms in total. The summed E-state index contributed by atoms with van der Waals surface area (Å²) < 4.78 is 47.5. The average molecular weight is 756 g/mol. The predicted molar refractivity (Wildman–Crippen MR) is 203 cm³/mol. The first-order valence-electron chi connectivity index (χ1n) is 18.1. The van der Waals surface area contributed by atoms with Gasteiger partial charge in [-0.1, -0.05) is 78.0 Å². The number of ether oxygens (including phenoxy) is 8. The van der Waals surface area contributed by atoms with Crippen molar-refractivity contribution in [2.24, 2.45) is 0 Å². The fourth-order valence-electron chi connectivity index (χ4n) is 5.74. The SMILES string of the molecule is COc1ccc(C(OC[C@H](CO)OCCOCCOCCOCc2cn(CCOC(=O)c3ccccc3)nn2)(c2ccccc2)c2ccc(OC)cc2)cc1. The summed E-state index contributed by atoms with van der Waals surface area (Å²) in [6.45, 7) is 2.82. The quantitative estimate of drug-likeness (QED) is 0.0482. The van der Waals surface area contributed by atoms with Gasteiger partial charge in [0.15, 0.2) is 0 Å². The Bertz CT molecular complexity index is 1760. The number of aromatic nitrogens is 3. The van der Waals surface area contributed by atoms with Gasteiger partial charge in [-0.15, -0.1) is 5.10 Å². The maximum absolute atomic E-state index is 12.1. The highest BCUT2D eigenvalue weighted by Gasteiger charge is 2.38. The van der Waals surface area contributed by atoms with E-state index in [4.69, 9.17) is 37.9 Å². The summed E-state index contributed by atoms with van der Waals surface area (Å²) in [6.07, 6.45) is 1.15. The van der Waals surface area contributed by atoms with E-state index in [1.165, 1.54) is 0 Å². The molecule has 55 heavy (non-hydrogen) atoms. The molecule has 0 amide bonds. The number of methoxy groups -OCH3 is 2. The summed E-state index contributed by atoms with van der Waals surface area (Å²) in [5.41, 5.74) is 2.84. The first kappa shape index (κ1) is 41.0. The molecule has 4 aromatic carbocycles. The van der Waals surface area contributed by atoms with E-state index < -0.39 is 11.7 Å². The second-order valence-electron chi connectivity index (χ2n) is 12.2. The Balaban J connectivity index is 0.999. The number of aliphatic hydroxyl groups is 1. The number of carbonyl (C=O) groups excluding carboxylic acids is 1. The van der Waals surface area contributed by atoms with Gasteiger partial charge in [-0.3, -0.25) is 0 Å². The molecule has 1 N–H and O–H groups in total. The first-order valence-corrected chi connectivity index (χ1v) is 18.1. The van der Waals surface area contributed by atoms with Crippen molar-refractivity contribution < 1.29 is 47.8 Å². The summed E-state index contributed by atoms with van der Waals surface area (Å²) in [7, 11) is 3.26. The molecule has 5 aromatic rings. The molecule has 0 spiro atoms. The Kier molecular flexibility index (Phi) is 16.6. The number of nitrogens with zero attached hydrogens (tertiary/aromatic N) is 3. The molecule has 5 rings (SSSR count). The van der Waals surface area contributed by atoms with Crippen molar-refractivity contribution in [2.75, 3.05) is 73.7 Å². The minimum atomic E-state index is -1.02. The second-order valence-corrected chi connectivity index (χ2v) is 12.2. The molecule has 0 aliphatic heterocycles. The summed E-state index contributed by atoms with van der Waals surface area (Å²) in [5.74, 6) is 1.08. The summed E-state index contributed by atoms with van der Waals surface area (Å²) >= 11 is 0. The number of esters is 1. The first-order chi connectivity index (χ1) is 27.0. The van der Waals surface area contributed by atoms with E-state index in [1.54, 1.807) is 49.4 Å². The van der Waals surface area contributed by atoms with Crippen molar-refractivity contribution in [3.63, 3.8) is 0 Å². The Morgan fingerprint density at radius 3 is 1.82 bits per heavy atom. The Morgan fingerprint density at radius 1 is 0.691 bits per heavy atom. The van der Waals surface area contributed by atoms with Crippen molar-refractivity contribution in [1.82, 2.24) is 15.0 Å². The van der Waals surface area contributed by atoms with E-state index in [9.17, 15) is 9.90 Å². The molecular weight excluding hydrogens is 706 g/mol.